The number of carbonyl (C=O) groups is 1. The summed E-state index contributed by atoms with van der Waals surface area (Å²) < 4.78 is 3.43. The molecule has 4 aromatic rings. The van der Waals surface area contributed by atoms with Gasteiger partial charge < -0.3 is 9.88 Å². The predicted octanol–water partition coefficient (Wildman–Crippen LogP) is 3.07. The maximum Gasteiger partial charge on any atom is 0.271 e. The minimum Gasteiger partial charge on any atom is -0.351 e. The molecular formula is C19H17ClN6O. The summed E-state index contributed by atoms with van der Waals surface area (Å²) in [4.78, 5) is 20.9. The Balaban J connectivity index is 1.47. The lowest BCUT2D eigenvalue weighted by atomic mass is 10.1. The molecule has 0 aliphatic heterocycles. The standard InChI is InChI=1S/C19H17ClN6O/c20-17-11-15(14-5-2-1-3-6-14)23-18-12-16(24-26(17)18)19(27)22-7-4-9-25-10-8-21-13-25/h1-3,5-6,8,10-13H,4,7,9H2,(H,22,27). The van der Waals surface area contributed by atoms with Crippen LogP contribution in [0, 0.1) is 0 Å². The summed E-state index contributed by atoms with van der Waals surface area (Å²) in [5.74, 6) is -0.247. The van der Waals surface area contributed by atoms with Crippen LogP contribution >= 0.6 is 11.6 Å². The van der Waals surface area contributed by atoms with Crippen molar-refractivity contribution in [1.29, 1.82) is 0 Å². The molecule has 0 unspecified atom stereocenters. The van der Waals surface area contributed by atoms with Gasteiger partial charge in [0.1, 0.15) is 5.15 Å². The molecule has 7 nitrogen and oxygen atoms in total. The molecule has 0 saturated heterocycles. The molecule has 0 bridgehead atoms. The first-order valence-corrected chi connectivity index (χ1v) is 8.94. The fourth-order valence-electron chi connectivity index (χ4n) is 2.78. The Kier molecular flexibility index (Phi) is 4.84. The molecule has 4 rings (SSSR count). The monoisotopic (exact) mass is 380 g/mol. The van der Waals surface area contributed by atoms with Gasteiger partial charge in [-0.1, -0.05) is 41.9 Å². The third-order valence-corrected chi connectivity index (χ3v) is 4.39. The van der Waals surface area contributed by atoms with Gasteiger partial charge in [0.2, 0.25) is 0 Å². The summed E-state index contributed by atoms with van der Waals surface area (Å²) in [5.41, 5.74) is 2.51. The van der Waals surface area contributed by atoms with Crippen molar-refractivity contribution in [2.24, 2.45) is 0 Å². The molecule has 0 fully saturated rings. The lowest BCUT2D eigenvalue weighted by Gasteiger charge is -2.04. The van der Waals surface area contributed by atoms with Crippen LogP contribution in [0.4, 0.5) is 0 Å². The summed E-state index contributed by atoms with van der Waals surface area (Å²) in [5, 5.41) is 7.54. The van der Waals surface area contributed by atoms with E-state index in [4.69, 9.17) is 11.6 Å². The second kappa shape index (κ2) is 7.59. The van der Waals surface area contributed by atoms with E-state index >= 15 is 0 Å². The molecule has 0 spiro atoms. The van der Waals surface area contributed by atoms with Crippen LogP contribution in [0.5, 0.6) is 0 Å². The van der Waals surface area contributed by atoms with Crippen molar-refractivity contribution in [1.82, 2.24) is 29.5 Å². The van der Waals surface area contributed by atoms with Crippen molar-refractivity contribution in [3.8, 4) is 11.3 Å². The van der Waals surface area contributed by atoms with Crippen LogP contribution in [0.3, 0.4) is 0 Å². The van der Waals surface area contributed by atoms with Crippen LogP contribution < -0.4 is 5.32 Å². The first-order valence-electron chi connectivity index (χ1n) is 8.56. The molecule has 27 heavy (non-hydrogen) atoms. The molecule has 0 atom stereocenters. The highest BCUT2D eigenvalue weighted by molar-refractivity contribution is 6.30. The molecule has 0 aliphatic carbocycles. The molecule has 1 aromatic carbocycles. The number of rotatable bonds is 6. The Hall–Kier alpha value is -3.19. The van der Waals surface area contributed by atoms with Crippen molar-refractivity contribution >= 4 is 23.2 Å². The number of nitrogens with one attached hydrogen (secondary N) is 1. The molecule has 0 radical (unpaired) electrons. The second-order valence-corrected chi connectivity index (χ2v) is 6.43. The van der Waals surface area contributed by atoms with Gasteiger partial charge in [-0.05, 0) is 6.42 Å². The van der Waals surface area contributed by atoms with E-state index < -0.39 is 0 Å². The molecule has 3 heterocycles. The average molecular weight is 381 g/mol. The quantitative estimate of drug-likeness (QED) is 0.412. The number of nitrogens with zero attached hydrogens (tertiary/aromatic N) is 5. The van der Waals surface area contributed by atoms with Crippen molar-refractivity contribution in [2.45, 2.75) is 13.0 Å². The predicted molar refractivity (Wildman–Crippen MR) is 103 cm³/mol. The fourth-order valence-corrected chi connectivity index (χ4v) is 3.01. The SMILES string of the molecule is O=C(NCCCn1ccnc1)c1cc2nc(-c3ccccc3)cc(Cl)n2n1. The smallest absolute Gasteiger partial charge is 0.271 e. The van der Waals surface area contributed by atoms with Crippen molar-refractivity contribution in [3.63, 3.8) is 0 Å². The van der Waals surface area contributed by atoms with Gasteiger partial charge in [0, 0.05) is 43.2 Å². The zero-order chi connectivity index (χ0) is 18.6. The number of carbonyl (C=O) groups excluding carboxylic acids is 1. The molecule has 8 heteroatoms. The summed E-state index contributed by atoms with van der Waals surface area (Å²) >= 11 is 6.33. The van der Waals surface area contributed by atoms with Crippen LogP contribution in [0.25, 0.3) is 16.9 Å². The zero-order valence-electron chi connectivity index (χ0n) is 14.4. The van der Waals surface area contributed by atoms with E-state index in [1.54, 1.807) is 24.7 Å². The van der Waals surface area contributed by atoms with Crippen LogP contribution in [0.15, 0.2) is 61.2 Å². The number of halogens is 1. The number of amides is 1. The first kappa shape index (κ1) is 17.2. The summed E-state index contributed by atoms with van der Waals surface area (Å²) in [7, 11) is 0. The number of fused-ring (bicyclic) bond motifs is 1. The summed E-state index contributed by atoms with van der Waals surface area (Å²) in [6.07, 6.45) is 6.17. The summed E-state index contributed by atoms with van der Waals surface area (Å²) in [6, 6.07) is 13.1. The average Bonchev–Trinajstić information content (AvgIpc) is 3.35. The van der Waals surface area contributed by atoms with E-state index in [2.05, 4.69) is 20.4 Å². The number of hydrogen-bond acceptors (Lipinski definition) is 4. The van der Waals surface area contributed by atoms with E-state index in [1.165, 1.54) is 4.52 Å². The Labute approximate surface area is 160 Å². The van der Waals surface area contributed by atoms with Gasteiger partial charge >= 0.3 is 0 Å². The highest BCUT2D eigenvalue weighted by Gasteiger charge is 2.14. The second-order valence-electron chi connectivity index (χ2n) is 6.04. The number of aromatic nitrogens is 5. The van der Waals surface area contributed by atoms with E-state index in [0.717, 1.165) is 24.2 Å². The van der Waals surface area contributed by atoms with Crippen LogP contribution in [-0.2, 0) is 6.54 Å². The number of aryl methyl sites for hydroxylation is 1. The molecular weight excluding hydrogens is 364 g/mol. The van der Waals surface area contributed by atoms with Gasteiger partial charge in [-0.25, -0.2) is 14.5 Å². The fraction of sp³-hybridized carbons (Fsp3) is 0.158. The molecule has 1 amide bonds. The minimum atomic E-state index is -0.247. The van der Waals surface area contributed by atoms with Gasteiger partial charge in [0.15, 0.2) is 11.3 Å². The topological polar surface area (TPSA) is 77.1 Å². The lowest BCUT2D eigenvalue weighted by molar-refractivity contribution is 0.0947. The Morgan fingerprint density at radius 1 is 1.19 bits per heavy atom. The van der Waals surface area contributed by atoms with E-state index in [0.29, 0.717) is 17.3 Å². The molecule has 3 aromatic heterocycles. The number of imidazole rings is 1. The zero-order valence-corrected chi connectivity index (χ0v) is 15.2. The van der Waals surface area contributed by atoms with Crippen molar-refractivity contribution < 1.29 is 4.79 Å². The van der Waals surface area contributed by atoms with Crippen LogP contribution in [0.1, 0.15) is 16.9 Å². The number of hydrogen-bond donors (Lipinski definition) is 1. The highest BCUT2D eigenvalue weighted by atomic mass is 35.5. The normalized spacial score (nSPS) is 11.0. The van der Waals surface area contributed by atoms with E-state index in [-0.39, 0.29) is 11.6 Å². The molecule has 0 saturated carbocycles. The van der Waals surface area contributed by atoms with Gasteiger partial charge in [-0.3, -0.25) is 4.79 Å². The van der Waals surface area contributed by atoms with E-state index in [9.17, 15) is 4.79 Å². The Morgan fingerprint density at radius 2 is 2.04 bits per heavy atom. The maximum atomic E-state index is 12.4. The van der Waals surface area contributed by atoms with Crippen molar-refractivity contribution in [3.05, 3.63) is 72.0 Å². The van der Waals surface area contributed by atoms with E-state index in [1.807, 2.05) is 41.1 Å². The largest absolute Gasteiger partial charge is 0.351 e. The third-order valence-electron chi connectivity index (χ3n) is 4.12. The van der Waals surface area contributed by atoms with Crippen LogP contribution in [-0.4, -0.2) is 36.6 Å². The molecule has 0 aliphatic rings. The number of benzene rings is 1. The lowest BCUT2D eigenvalue weighted by Crippen LogP contribution is -2.25. The molecule has 136 valence electrons. The van der Waals surface area contributed by atoms with Gasteiger partial charge in [-0.15, -0.1) is 0 Å². The van der Waals surface area contributed by atoms with Gasteiger partial charge in [0.25, 0.3) is 5.91 Å². The van der Waals surface area contributed by atoms with Crippen LogP contribution in [0.2, 0.25) is 5.15 Å². The highest BCUT2D eigenvalue weighted by Crippen LogP contribution is 2.22. The minimum absolute atomic E-state index is 0.247. The van der Waals surface area contributed by atoms with Crippen molar-refractivity contribution in [2.75, 3.05) is 6.54 Å². The molecule has 1 N–H and O–H groups in total. The van der Waals surface area contributed by atoms with Gasteiger partial charge in [-0.2, -0.15) is 5.10 Å². The third kappa shape index (κ3) is 3.83. The Morgan fingerprint density at radius 3 is 2.81 bits per heavy atom. The first-order chi connectivity index (χ1) is 13.2. The van der Waals surface area contributed by atoms with Gasteiger partial charge in [0.05, 0.1) is 12.0 Å². The maximum absolute atomic E-state index is 12.4. The Bertz CT molecular complexity index is 1060. The summed E-state index contributed by atoms with van der Waals surface area (Å²) in [6.45, 7) is 1.33.